The second-order valence-electron chi connectivity index (χ2n) is 3.90. The maximum atomic E-state index is 2.80. The number of nitrogens with zero attached hydrogens (tertiary/aromatic N) is 1. The summed E-state index contributed by atoms with van der Waals surface area (Å²) in [6.07, 6.45) is 5.55. The van der Waals surface area contributed by atoms with Crippen molar-refractivity contribution < 1.29 is 0 Å². The summed E-state index contributed by atoms with van der Waals surface area (Å²) in [6, 6.07) is 3.10. The Bertz CT molecular complexity index is 79.9. The van der Waals surface area contributed by atoms with E-state index in [1.807, 2.05) is 0 Å². The SMILES string of the molecule is CCCCN(CCCC)[SiH2]CC[SiH3]. The lowest BCUT2D eigenvalue weighted by Gasteiger charge is -2.21. The van der Waals surface area contributed by atoms with Crippen LogP contribution in [0.25, 0.3) is 0 Å². The molecule has 0 N–H and O–H groups in total. The van der Waals surface area contributed by atoms with Crippen molar-refractivity contribution in [2.75, 3.05) is 13.1 Å². The van der Waals surface area contributed by atoms with Crippen LogP contribution < -0.4 is 0 Å². The van der Waals surface area contributed by atoms with E-state index in [0.29, 0.717) is 0 Å². The predicted octanol–water partition coefficient (Wildman–Crippen LogP) is 1.17. The molecule has 0 rings (SSSR count). The Balaban J connectivity index is 3.47. The molecule has 0 saturated heterocycles. The minimum Gasteiger partial charge on any atom is -0.329 e. The van der Waals surface area contributed by atoms with Crippen molar-refractivity contribution >= 4 is 19.9 Å². The fraction of sp³-hybridized carbons (Fsp3) is 1.00. The summed E-state index contributed by atoms with van der Waals surface area (Å²) >= 11 is 0. The van der Waals surface area contributed by atoms with Crippen LogP contribution in [0.15, 0.2) is 0 Å². The van der Waals surface area contributed by atoms with Gasteiger partial charge in [-0.15, -0.1) is 0 Å². The summed E-state index contributed by atoms with van der Waals surface area (Å²) in [4.78, 5) is 0. The minimum absolute atomic E-state index is 0.153. The molecule has 0 atom stereocenters. The van der Waals surface area contributed by atoms with Crippen LogP contribution in [-0.4, -0.2) is 37.6 Å². The van der Waals surface area contributed by atoms with Crippen molar-refractivity contribution in [1.29, 1.82) is 0 Å². The highest BCUT2D eigenvalue weighted by molar-refractivity contribution is 6.33. The maximum absolute atomic E-state index is 2.80. The third-order valence-corrected chi connectivity index (χ3v) is 6.89. The first-order chi connectivity index (χ1) is 6.35. The number of rotatable bonds is 9. The summed E-state index contributed by atoms with van der Waals surface area (Å²) in [6.45, 7) is 7.38. The van der Waals surface area contributed by atoms with Crippen LogP contribution in [-0.2, 0) is 0 Å². The molecule has 13 heavy (non-hydrogen) atoms. The second-order valence-corrected chi connectivity index (χ2v) is 6.95. The predicted molar refractivity (Wildman–Crippen MR) is 69.5 cm³/mol. The van der Waals surface area contributed by atoms with Gasteiger partial charge in [0.25, 0.3) is 0 Å². The molecule has 0 heterocycles. The molecule has 0 spiro atoms. The van der Waals surface area contributed by atoms with E-state index in [9.17, 15) is 0 Å². The zero-order chi connectivity index (χ0) is 9.94. The van der Waals surface area contributed by atoms with Gasteiger partial charge in [-0.2, -0.15) is 0 Å². The van der Waals surface area contributed by atoms with Crippen molar-refractivity contribution in [3.63, 3.8) is 0 Å². The van der Waals surface area contributed by atoms with Crippen LogP contribution in [0, 0.1) is 0 Å². The van der Waals surface area contributed by atoms with Crippen LogP contribution in [0.4, 0.5) is 0 Å². The van der Waals surface area contributed by atoms with Gasteiger partial charge < -0.3 is 4.57 Å². The van der Waals surface area contributed by atoms with E-state index >= 15 is 0 Å². The van der Waals surface area contributed by atoms with E-state index in [0.717, 1.165) is 0 Å². The lowest BCUT2D eigenvalue weighted by atomic mass is 10.3. The van der Waals surface area contributed by atoms with Crippen molar-refractivity contribution in [1.82, 2.24) is 4.57 Å². The first kappa shape index (κ1) is 13.4. The van der Waals surface area contributed by atoms with Crippen LogP contribution >= 0.6 is 0 Å². The zero-order valence-electron chi connectivity index (χ0n) is 9.81. The highest BCUT2D eigenvalue weighted by atomic mass is 28.2. The average molecular weight is 218 g/mol. The largest absolute Gasteiger partial charge is 0.329 e. The van der Waals surface area contributed by atoms with Gasteiger partial charge in [-0.1, -0.05) is 38.8 Å². The Morgan fingerprint density at radius 3 is 2.00 bits per heavy atom. The van der Waals surface area contributed by atoms with Gasteiger partial charge in [0.2, 0.25) is 0 Å². The molecular weight excluding hydrogens is 190 g/mol. The molecule has 0 aliphatic heterocycles. The first-order valence-electron chi connectivity index (χ1n) is 6.07. The molecule has 0 bridgehead atoms. The van der Waals surface area contributed by atoms with Gasteiger partial charge in [0.05, 0.1) is 9.68 Å². The summed E-state index contributed by atoms with van der Waals surface area (Å²) in [7, 11) is 1.57. The molecule has 0 fully saturated rings. The van der Waals surface area contributed by atoms with E-state index in [2.05, 4.69) is 18.4 Å². The average Bonchev–Trinajstić information content (AvgIpc) is 2.17. The van der Waals surface area contributed by atoms with E-state index < -0.39 is 0 Å². The molecule has 0 aromatic carbocycles. The maximum Gasteiger partial charge on any atom is 0.0947 e. The molecule has 0 amide bonds. The molecule has 0 aromatic heterocycles. The van der Waals surface area contributed by atoms with E-state index in [1.54, 1.807) is 6.04 Å². The van der Waals surface area contributed by atoms with Crippen LogP contribution in [0.2, 0.25) is 12.1 Å². The summed E-state index contributed by atoms with van der Waals surface area (Å²) in [5.41, 5.74) is 0. The molecule has 80 valence electrons. The molecule has 0 unspecified atom stereocenters. The lowest BCUT2D eigenvalue weighted by molar-refractivity contribution is 0.419. The second kappa shape index (κ2) is 10.5. The molecule has 0 radical (unpaired) electrons. The molecule has 3 heteroatoms. The number of unbranched alkanes of at least 4 members (excludes halogenated alkanes) is 2. The van der Waals surface area contributed by atoms with Gasteiger partial charge in [-0.05, 0) is 25.9 Å². The molecule has 0 aromatic rings. The van der Waals surface area contributed by atoms with Crippen LogP contribution in [0.5, 0.6) is 0 Å². The molecular formula is C10H27NSi2. The van der Waals surface area contributed by atoms with E-state index in [1.165, 1.54) is 55.1 Å². The lowest BCUT2D eigenvalue weighted by Crippen LogP contribution is -2.29. The summed E-state index contributed by atoms with van der Waals surface area (Å²) in [5.74, 6) is 0. The van der Waals surface area contributed by atoms with Crippen molar-refractivity contribution in [2.45, 2.75) is 51.6 Å². The van der Waals surface area contributed by atoms with Gasteiger partial charge in [0.15, 0.2) is 0 Å². The Kier molecular flexibility index (Phi) is 10.8. The molecule has 0 aliphatic rings. The van der Waals surface area contributed by atoms with Gasteiger partial charge >= 0.3 is 0 Å². The first-order valence-corrected chi connectivity index (χ1v) is 9.12. The zero-order valence-corrected chi connectivity index (χ0v) is 13.2. The Hall–Kier alpha value is 0.394. The van der Waals surface area contributed by atoms with E-state index in [4.69, 9.17) is 0 Å². The summed E-state index contributed by atoms with van der Waals surface area (Å²) < 4.78 is 2.80. The van der Waals surface area contributed by atoms with Crippen molar-refractivity contribution in [3.8, 4) is 0 Å². The fourth-order valence-electron chi connectivity index (χ4n) is 1.48. The minimum atomic E-state index is 0.153. The van der Waals surface area contributed by atoms with Gasteiger partial charge in [-0.25, -0.2) is 0 Å². The molecule has 0 aliphatic carbocycles. The number of hydrogen-bond donors (Lipinski definition) is 0. The normalized spacial score (nSPS) is 12.2. The standard InChI is InChI=1S/C10H27NSi2/c1-3-5-7-11(8-6-4-2)13-10-9-12/h3-10,13H2,1-2,12H3. The van der Waals surface area contributed by atoms with Crippen molar-refractivity contribution in [2.24, 2.45) is 0 Å². The highest BCUT2D eigenvalue weighted by Gasteiger charge is 2.02. The molecule has 0 saturated carbocycles. The summed E-state index contributed by atoms with van der Waals surface area (Å²) in [5, 5.41) is 0. The molecule has 1 nitrogen and oxygen atoms in total. The van der Waals surface area contributed by atoms with Gasteiger partial charge in [0.1, 0.15) is 0 Å². The topological polar surface area (TPSA) is 3.24 Å². The third kappa shape index (κ3) is 8.72. The van der Waals surface area contributed by atoms with Gasteiger partial charge in [-0.3, -0.25) is 0 Å². The number of hydrogen-bond acceptors (Lipinski definition) is 1. The van der Waals surface area contributed by atoms with Crippen molar-refractivity contribution in [3.05, 3.63) is 0 Å². The fourth-order valence-corrected chi connectivity index (χ4v) is 4.09. The quantitative estimate of drug-likeness (QED) is 0.524. The Morgan fingerprint density at radius 2 is 1.62 bits per heavy atom. The smallest absolute Gasteiger partial charge is 0.0947 e. The highest BCUT2D eigenvalue weighted by Crippen LogP contribution is 2.00. The monoisotopic (exact) mass is 217 g/mol. The van der Waals surface area contributed by atoms with Crippen LogP contribution in [0.1, 0.15) is 39.5 Å². The Morgan fingerprint density at radius 1 is 1.08 bits per heavy atom. The van der Waals surface area contributed by atoms with E-state index in [-0.39, 0.29) is 9.68 Å². The van der Waals surface area contributed by atoms with Gasteiger partial charge in [0, 0.05) is 10.2 Å². The van der Waals surface area contributed by atoms with Crippen LogP contribution in [0.3, 0.4) is 0 Å². The third-order valence-electron chi connectivity index (χ3n) is 2.48. The Labute approximate surface area is 89.6 Å².